The highest BCUT2D eigenvalue weighted by Crippen LogP contribution is 2.32. The summed E-state index contributed by atoms with van der Waals surface area (Å²) in [6.07, 6.45) is 0. The minimum absolute atomic E-state index is 0.0150. The fraction of sp³-hybridized carbons (Fsp3) is 0.533. The summed E-state index contributed by atoms with van der Waals surface area (Å²) in [5.41, 5.74) is 0.863. The van der Waals surface area contributed by atoms with Gasteiger partial charge in [0.2, 0.25) is 0 Å². The van der Waals surface area contributed by atoms with Gasteiger partial charge >= 0.3 is 0 Å². The molecule has 1 nitrogen and oxygen atoms in total. The van der Waals surface area contributed by atoms with E-state index in [0.29, 0.717) is 11.7 Å². The second kappa shape index (κ2) is 4.82. The van der Waals surface area contributed by atoms with Gasteiger partial charge in [-0.3, -0.25) is 4.79 Å². The maximum atomic E-state index is 12.4. The van der Waals surface area contributed by atoms with Gasteiger partial charge in [-0.15, -0.1) is 0 Å². The Morgan fingerprint density at radius 3 is 1.94 bits per heavy atom. The Labute approximate surface area is 98.9 Å². The average Bonchev–Trinajstić information content (AvgIpc) is 2.17. The SMILES string of the molecule is CC(C)C(C(=O)C(C)(C)C)c1ccccc1. The van der Waals surface area contributed by atoms with Gasteiger partial charge in [-0.1, -0.05) is 65.0 Å². The minimum atomic E-state index is -0.273. The molecule has 0 radical (unpaired) electrons. The Balaban J connectivity index is 3.07. The smallest absolute Gasteiger partial charge is 0.145 e. The van der Waals surface area contributed by atoms with Crippen LogP contribution in [0.4, 0.5) is 0 Å². The van der Waals surface area contributed by atoms with E-state index in [9.17, 15) is 4.79 Å². The lowest BCUT2D eigenvalue weighted by Gasteiger charge is -2.27. The molecule has 16 heavy (non-hydrogen) atoms. The Morgan fingerprint density at radius 1 is 1.06 bits per heavy atom. The number of rotatable bonds is 3. The summed E-state index contributed by atoms with van der Waals surface area (Å²) in [7, 11) is 0. The van der Waals surface area contributed by atoms with Crippen LogP contribution in [-0.2, 0) is 4.79 Å². The van der Waals surface area contributed by atoms with Crippen molar-refractivity contribution in [2.45, 2.75) is 40.5 Å². The van der Waals surface area contributed by atoms with Crippen LogP contribution in [0.15, 0.2) is 30.3 Å². The van der Waals surface area contributed by atoms with Crippen LogP contribution in [0.5, 0.6) is 0 Å². The molecule has 88 valence electrons. The number of Topliss-reactive ketones (excluding diaryl/α,β-unsaturated/α-hetero) is 1. The molecule has 1 atom stereocenters. The van der Waals surface area contributed by atoms with Gasteiger partial charge in [-0.25, -0.2) is 0 Å². The Kier molecular flexibility index (Phi) is 3.90. The second-order valence-electron chi connectivity index (χ2n) is 5.75. The average molecular weight is 218 g/mol. The van der Waals surface area contributed by atoms with Gasteiger partial charge in [-0.05, 0) is 11.5 Å². The zero-order valence-electron chi connectivity index (χ0n) is 10.9. The normalized spacial score (nSPS) is 13.9. The first kappa shape index (κ1) is 13.0. The number of hydrogen-bond donors (Lipinski definition) is 0. The van der Waals surface area contributed by atoms with Gasteiger partial charge in [0.1, 0.15) is 5.78 Å². The topological polar surface area (TPSA) is 17.1 Å². The molecule has 0 bridgehead atoms. The molecule has 0 aliphatic rings. The summed E-state index contributed by atoms with van der Waals surface area (Å²) in [6, 6.07) is 10.1. The number of ketones is 1. The fourth-order valence-corrected chi connectivity index (χ4v) is 1.97. The molecule has 0 amide bonds. The summed E-state index contributed by atoms with van der Waals surface area (Å²) in [5.74, 6) is 0.684. The largest absolute Gasteiger partial charge is 0.298 e. The van der Waals surface area contributed by atoms with Crippen LogP contribution in [0.25, 0.3) is 0 Å². The van der Waals surface area contributed by atoms with E-state index in [1.807, 2.05) is 51.1 Å². The van der Waals surface area contributed by atoms with Gasteiger partial charge < -0.3 is 0 Å². The molecule has 0 aromatic heterocycles. The molecule has 1 aromatic carbocycles. The number of benzene rings is 1. The van der Waals surface area contributed by atoms with Crippen molar-refractivity contribution in [3.05, 3.63) is 35.9 Å². The van der Waals surface area contributed by atoms with E-state index in [0.717, 1.165) is 5.56 Å². The van der Waals surface area contributed by atoms with Gasteiger partial charge in [0.25, 0.3) is 0 Å². The monoisotopic (exact) mass is 218 g/mol. The number of carbonyl (C=O) groups excluding carboxylic acids is 1. The lowest BCUT2D eigenvalue weighted by atomic mass is 9.75. The van der Waals surface area contributed by atoms with Crippen molar-refractivity contribution in [3.63, 3.8) is 0 Å². The summed E-state index contributed by atoms with van der Waals surface area (Å²) in [6.45, 7) is 10.2. The quantitative estimate of drug-likeness (QED) is 0.748. The first-order valence-corrected chi connectivity index (χ1v) is 5.93. The van der Waals surface area contributed by atoms with Crippen molar-refractivity contribution in [1.82, 2.24) is 0 Å². The van der Waals surface area contributed by atoms with Crippen LogP contribution >= 0.6 is 0 Å². The zero-order valence-corrected chi connectivity index (χ0v) is 10.9. The molecule has 0 saturated carbocycles. The van der Waals surface area contributed by atoms with Crippen LogP contribution in [0, 0.1) is 11.3 Å². The second-order valence-corrected chi connectivity index (χ2v) is 5.75. The van der Waals surface area contributed by atoms with Crippen molar-refractivity contribution in [2.75, 3.05) is 0 Å². The molecule has 1 unspecified atom stereocenters. The molecular weight excluding hydrogens is 196 g/mol. The third kappa shape index (κ3) is 2.94. The lowest BCUT2D eigenvalue weighted by molar-refractivity contribution is -0.128. The molecule has 0 aliphatic carbocycles. The van der Waals surface area contributed by atoms with Crippen molar-refractivity contribution in [1.29, 1.82) is 0 Å². The van der Waals surface area contributed by atoms with E-state index in [4.69, 9.17) is 0 Å². The molecule has 1 heteroatoms. The van der Waals surface area contributed by atoms with Gasteiger partial charge in [0, 0.05) is 11.3 Å². The van der Waals surface area contributed by atoms with E-state index in [2.05, 4.69) is 13.8 Å². The van der Waals surface area contributed by atoms with Crippen molar-refractivity contribution in [3.8, 4) is 0 Å². The predicted molar refractivity (Wildman–Crippen MR) is 68.5 cm³/mol. The summed E-state index contributed by atoms with van der Waals surface area (Å²) in [5, 5.41) is 0. The van der Waals surface area contributed by atoms with Crippen LogP contribution < -0.4 is 0 Å². The maximum Gasteiger partial charge on any atom is 0.145 e. The van der Waals surface area contributed by atoms with Gasteiger partial charge in [-0.2, -0.15) is 0 Å². The molecule has 0 aliphatic heterocycles. The van der Waals surface area contributed by atoms with Gasteiger partial charge in [0.15, 0.2) is 0 Å². The molecule has 0 heterocycles. The molecule has 0 saturated heterocycles. The van der Waals surface area contributed by atoms with Crippen LogP contribution in [0.1, 0.15) is 46.1 Å². The van der Waals surface area contributed by atoms with E-state index in [-0.39, 0.29) is 11.3 Å². The minimum Gasteiger partial charge on any atom is -0.298 e. The summed E-state index contributed by atoms with van der Waals surface area (Å²) in [4.78, 5) is 12.4. The molecule has 0 fully saturated rings. The fourth-order valence-electron chi connectivity index (χ4n) is 1.97. The molecule has 1 rings (SSSR count). The zero-order chi connectivity index (χ0) is 12.3. The van der Waals surface area contributed by atoms with Crippen LogP contribution in [-0.4, -0.2) is 5.78 Å². The van der Waals surface area contributed by atoms with Gasteiger partial charge in [0.05, 0.1) is 0 Å². The highest BCUT2D eigenvalue weighted by atomic mass is 16.1. The Morgan fingerprint density at radius 2 is 1.56 bits per heavy atom. The Hall–Kier alpha value is -1.11. The lowest BCUT2D eigenvalue weighted by Crippen LogP contribution is -2.29. The van der Waals surface area contributed by atoms with Crippen molar-refractivity contribution < 1.29 is 4.79 Å². The number of carbonyl (C=O) groups is 1. The van der Waals surface area contributed by atoms with E-state index in [1.165, 1.54) is 0 Å². The Bertz CT molecular complexity index is 343. The first-order valence-electron chi connectivity index (χ1n) is 5.93. The number of hydrogen-bond acceptors (Lipinski definition) is 1. The predicted octanol–water partition coefficient (Wildman–Crippen LogP) is 4.04. The third-order valence-electron chi connectivity index (χ3n) is 2.85. The molecular formula is C15H22O. The van der Waals surface area contributed by atoms with E-state index in [1.54, 1.807) is 0 Å². The highest BCUT2D eigenvalue weighted by molar-refractivity contribution is 5.90. The highest BCUT2D eigenvalue weighted by Gasteiger charge is 2.32. The van der Waals surface area contributed by atoms with Crippen molar-refractivity contribution >= 4 is 5.78 Å². The molecule has 0 N–H and O–H groups in total. The van der Waals surface area contributed by atoms with Crippen molar-refractivity contribution in [2.24, 2.45) is 11.3 Å². The van der Waals surface area contributed by atoms with Crippen LogP contribution in [0.3, 0.4) is 0 Å². The maximum absolute atomic E-state index is 12.4. The summed E-state index contributed by atoms with van der Waals surface area (Å²) < 4.78 is 0. The standard InChI is InChI=1S/C15H22O/c1-11(2)13(14(16)15(3,4)5)12-9-7-6-8-10-12/h6-11,13H,1-5H3. The molecule has 1 aromatic rings. The summed E-state index contributed by atoms with van der Waals surface area (Å²) >= 11 is 0. The van der Waals surface area contributed by atoms with Crippen LogP contribution in [0.2, 0.25) is 0 Å². The third-order valence-corrected chi connectivity index (χ3v) is 2.85. The van der Waals surface area contributed by atoms with E-state index >= 15 is 0 Å². The molecule has 0 spiro atoms. The first-order chi connectivity index (χ1) is 7.34. The van der Waals surface area contributed by atoms with E-state index < -0.39 is 0 Å².